The van der Waals surface area contributed by atoms with Crippen molar-refractivity contribution < 1.29 is 29.0 Å². The number of carbonyl (C=O) groups excluding carboxylic acids is 3. The molecule has 39 heavy (non-hydrogen) atoms. The summed E-state index contributed by atoms with van der Waals surface area (Å²) in [4.78, 5) is 44.6. The van der Waals surface area contributed by atoms with E-state index in [1.54, 1.807) is 32.2 Å². The average Bonchev–Trinajstić information content (AvgIpc) is 3.10. The summed E-state index contributed by atoms with van der Waals surface area (Å²) in [5.74, 6) is -0.512. The molecule has 2 aliphatic rings. The van der Waals surface area contributed by atoms with E-state index in [-0.39, 0.29) is 52.5 Å². The van der Waals surface area contributed by atoms with Crippen LogP contribution in [0.3, 0.4) is 0 Å². The molecule has 1 aromatic rings. The number of aliphatic hydroxyl groups excluding tert-OH is 1. The van der Waals surface area contributed by atoms with Crippen molar-refractivity contribution in [2.45, 2.75) is 47.5 Å². The number of benzene rings is 1. The summed E-state index contributed by atoms with van der Waals surface area (Å²) in [6.45, 7) is 6.30. The van der Waals surface area contributed by atoms with E-state index in [1.165, 1.54) is 28.7 Å². The third-order valence-electron chi connectivity index (χ3n) is 6.61. The summed E-state index contributed by atoms with van der Waals surface area (Å²) in [6, 6.07) is 9.83. The number of amides is 2. The molecule has 2 heterocycles. The number of hydrogen-bond donors (Lipinski definition) is 1. The minimum atomic E-state index is -1.70. The van der Waals surface area contributed by atoms with Gasteiger partial charge in [-0.1, -0.05) is 0 Å². The molecule has 1 aromatic carbocycles. The van der Waals surface area contributed by atoms with E-state index in [0.29, 0.717) is 11.3 Å². The van der Waals surface area contributed by atoms with Crippen LogP contribution >= 0.6 is 11.8 Å². The Morgan fingerprint density at radius 1 is 1.23 bits per heavy atom. The molecule has 0 aromatic heterocycles. The predicted octanol–water partition coefficient (Wildman–Crippen LogP) is 1.25. The van der Waals surface area contributed by atoms with Crippen LogP contribution in [0.1, 0.15) is 0 Å². The molecule has 9 nitrogen and oxygen atoms in total. The number of nitrogens with zero attached hydrogens (tertiary/aromatic N) is 3. The van der Waals surface area contributed by atoms with Crippen LogP contribution < -0.4 is 4.46 Å². The Morgan fingerprint density at radius 2 is 1.90 bits per heavy atom. The van der Waals surface area contributed by atoms with Crippen LogP contribution in [0.2, 0.25) is 30.5 Å². The van der Waals surface area contributed by atoms with Gasteiger partial charge < -0.3 is 0 Å². The fourth-order valence-electron chi connectivity index (χ4n) is 4.78. The molecule has 2 aliphatic heterocycles. The number of hydrogen-bond acceptors (Lipinski definition) is 8. The standard InChI is InChI=1S/C27H41N3O6SSeSi/c1-28(2)15-20-23(24(36-18-35-4)21(17-31)38-19-11-9-8-10-12-19)30-22(32)16-29(3)26(34)27(30,25(20)33)37-13-14-39(5,6)7/h8-12,15,21,23-24,31H,13-14,16-18H2,1-7H3/b20-15-/t21?,23-,24-,27+/m0/s1. The monoisotopic (exact) mass is 643 g/mol. The Morgan fingerprint density at radius 3 is 2.46 bits per heavy atom. The van der Waals surface area contributed by atoms with Gasteiger partial charge in [0, 0.05) is 0 Å². The van der Waals surface area contributed by atoms with Gasteiger partial charge >= 0.3 is 244 Å². The zero-order valence-electron chi connectivity index (χ0n) is 23.9. The molecule has 3 rings (SSSR count). The normalized spacial score (nSPS) is 24.4. The van der Waals surface area contributed by atoms with Crippen LogP contribution in [0.15, 0.2) is 42.1 Å². The average molecular weight is 643 g/mol. The zero-order chi connectivity index (χ0) is 29.0. The number of ether oxygens (including phenoxy) is 2. The number of Topliss-reactive ketones (excluding diaryl/α,β-unsaturated/α-hetero) is 1. The first kappa shape index (κ1) is 31.9. The molecule has 4 atom stereocenters. The van der Waals surface area contributed by atoms with Gasteiger partial charge in [0.2, 0.25) is 0 Å². The van der Waals surface area contributed by atoms with Gasteiger partial charge in [-0.05, 0) is 0 Å². The second-order valence-corrected chi connectivity index (χ2v) is 20.9. The first-order valence-corrected chi connectivity index (χ1v) is 19.5. The summed E-state index contributed by atoms with van der Waals surface area (Å²) in [7, 11) is 5.19. The summed E-state index contributed by atoms with van der Waals surface area (Å²) in [5, 5.41) is 10.6. The van der Waals surface area contributed by atoms with Crippen molar-refractivity contribution in [3.8, 4) is 0 Å². The van der Waals surface area contributed by atoms with Gasteiger partial charge in [-0.3, -0.25) is 0 Å². The van der Waals surface area contributed by atoms with Crippen LogP contribution in [0.25, 0.3) is 0 Å². The Hall–Kier alpha value is -1.66. The molecule has 2 fully saturated rings. The van der Waals surface area contributed by atoms with Crippen molar-refractivity contribution in [2.75, 3.05) is 54.0 Å². The predicted molar refractivity (Wildman–Crippen MR) is 158 cm³/mol. The number of aliphatic hydroxyl groups is 1. The maximum absolute atomic E-state index is 14.4. The fourth-order valence-corrected chi connectivity index (χ4v) is 11.1. The SMILES string of the molecule is COCO[C@@H](C(CO)[Se]c1ccccc1)[C@@H]1/C(=C/N(C)C)C(=O)[C@@]2(SCC[Si](C)(C)C)C(=O)N(C)CC(=O)N12. The molecule has 2 amide bonds. The number of piperazine rings is 1. The Labute approximate surface area is 243 Å². The number of carbonyl (C=O) groups is 3. The Balaban J connectivity index is 2.18. The van der Waals surface area contributed by atoms with Crippen LogP contribution in [0.5, 0.6) is 0 Å². The molecular formula is C27H41N3O6SSeSi. The number of likely N-dealkylation sites (N-methyl/N-ethyl adjacent to an activating group) is 1. The Kier molecular flexibility index (Phi) is 10.9. The van der Waals surface area contributed by atoms with E-state index < -0.39 is 29.9 Å². The number of methoxy groups -OCH3 is 1. The van der Waals surface area contributed by atoms with Crippen molar-refractivity contribution in [1.82, 2.24) is 14.7 Å². The summed E-state index contributed by atoms with van der Waals surface area (Å²) < 4.78 is 12.5. The van der Waals surface area contributed by atoms with Gasteiger partial charge in [0.05, 0.1) is 0 Å². The van der Waals surface area contributed by atoms with E-state index in [2.05, 4.69) is 19.6 Å². The van der Waals surface area contributed by atoms with Crippen LogP contribution in [-0.4, -0.2) is 131 Å². The molecule has 2 saturated heterocycles. The molecule has 12 heteroatoms. The van der Waals surface area contributed by atoms with Crippen LogP contribution in [-0.2, 0) is 23.9 Å². The molecule has 1 unspecified atom stereocenters. The molecule has 0 bridgehead atoms. The van der Waals surface area contributed by atoms with Crippen LogP contribution in [0.4, 0.5) is 0 Å². The van der Waals surface area contributed by atoms with Crippen LogP contribution in [0, 0.1) is 0 Å². The van der Waals surface area contributed by atoms with Crippen molar-refractivity contribution in [3.63, 3.8) is 0 Å². The molecule has 0 aliphatic carbocycles. The number of fused-ring (bicyclic) bond motifs is 1. The fraction of sp³-hybridized carbons (Fsp3) is 0.593. The van der Waals surface area contributed by atoms with Gasteiger partial charge in [0.15, 0.2) is 0 Å². The van der Waals surface area contributed by atoms with E-state index >= 15 is 0 Å². The van der Waals surface area contributed by atoms with Gasteiger partial charge in [-0.15, -0.1) is 0 Å². The van der Waals surface area contributed by atoms with Gasteiger partial charge in [-0.2, -0.15) is 0 Å². The summed E-state index contributed by atoms with van der Waals surface area (Å²) in [5.41, 5.74) is 0.334. The molecule has 216 valence electrons. The van der Waals surface area contributed by atoms with Crippen molar-refractivity contribution in [2.24, 2.45) is 0 Å². The van der Waals surface area contributed by atoms with E-state index in [0.717, 1.165) is 10.5 Å². The quantitative estimate of drug-likeness (QED) is 0.149. The molecule has 0 saturated carbocycles. The second kappa shape index (κ2) is 13.3. The first-order chi connectivity index (χ1) is 18.4. The topological polar surface area (TPSA) is 99.6 Å². The molecule has 0 radical (unpaired) electrons. The molecule has 0 spiro atoms. The summed E-state index contributed by atoms with van der Waals surface area (Å²) >= 11 is 1.01. The van der Waals surface area contributed by atoms with Crippen molar-refractivity contribution in [1.29, 1.82) is 0 Å². The minimum absolute atomic E-state index is 0.0857. The van der Waals surface area contributed by atoms with Gasteiger partial charge in [0.25, 0.3) is 0 Å². The van der Waals surface area contributed by atoms with E-state index in [1.807, 2.05) is 30.3 Å². The van der Waals surface area contributed by atoms with E-state index in [4.69, 9.17) is 9.47 Å². The Bertz CT molecular complexity index is 1070. The zero-order valence-corrected chi connectivity index (χ0v) is 27.4. The van der Waals surface area contributed by atoms with Crippen molar-refractivity contribution >= 4 is 56.9 Å². The van der Waals surface area contributed by atoms with Gasteiger partial charge in [-0.25, -0.2) is 0 Å². The third-order valence-corrected chi connectivity index (χ3v) is 12.8. The molecular weight excluding hydrogens is 601 g/mol. The number of thioether (sulfide) groups is 1. The van der Waals surface area contributed by atoms with Gasteiger partial charge in [0.1, 0.15) is 0 Å². The maximum atomic E-state index is 14.4. The summed E-state index contributed by atoms with van der Waals surface area (Å²) in [6.07, 6.45) is 0.921. The third kappa shape index (κ3) is 6.98. The first-order valence-electron chi connectivity index (χ1n) is 12.9. The number of rotatable bonds is 13. The van der Waals surface area contributed by atoms with Crippen molar-refractivity contribution in [3.05, 3.63) is 42.1 Å². The van der Waals surface area contributed by atoms with E-state index in [9.17, 15) is 19.5 Å². The second-order valence-electron chi connectivity index (χ2n) is 11.2. The molecule has 1 N–H and O–H groups in total. The number of ketones is 1.